The summed E-state index contributed by atoms with van der Waals surface area (Å²) in [4.78, 5) is 29.2. The highest BCUT2D eigenvalue weighted by Gasteiger charge is 2.29. The molecule has 1 saturated heterocycles. The number of piperidine rings is 1. The van der Waals surface area contributed by atoms with Crippen molar-refractivity contribution in [2.75, 3.05) is 25.0 Å². The van der Waals surface area contributed by atoms with E-state index in [1.165, 1.54) is 5.56 Å². The number of carbonyl (C=O) groups excluding carboxylic acids is 2. The van der Waals surface area contributed by atoms with Crippen molar-refractivity contribution >= 4 is 17.4 Å². The maximum absolute atomic E-state index is 13.2. The molecule has 0 spiro atoms. The lowest BCUT2D eigenvalue weighted by Crippen LogP contribution is -2.43. The molecule has 1 amide bonds. The van der Waals surface area contributed by atoms with E-state index < -0.39 is 5.60 Å². The molecule has 1 fully saturated rings. The molecule has 2 aromatic rings. The van der Waals surface area contributed by atoms with Crippen LogP contribution in [0.25, 0.3) is 0 Å². The van der Waals surface area contributed by atoms with E-state index in [9.17, 15) is 9.59 Å². The van der Waals surface area contributed by atoms with Gasteiger partial charge < -0.3 is 14.5 Å². The van der Waals surface area contributed by atoms with Crippen molar-refractivity contribution in [1.29, 1.82) is 0 Å². The first-order chi connectivity index (χ1) is 15.6. The monoisotopic (exact) mass is 450 g/mol. The number of ether oxygens (including phenoxy) is 1. The summed E-state index contributed by atoms with van der Waals surface area (Å²) in [5, 5.41) is 0. The average Bonchev–Trinajstić information content (AvgIpc) is 2.78. The van der Waals surface area contributed by atoms with Crippen LogP contribution in [0.2, 0.25) is 0 Å². The fourth-order valence-electron chi connectivity index (χ4n) is 4.19. The Hall–Kier alpha value is -2.82. The number of carbonyl (C=O) groups is 2. The van der Waals surface area contributed by atoms with Crippen LogP contribution in [0.4, 0.5) is 5.69 Å². The molecule has 1 aliphatic heterocycles. The highest BCUT2D eigenvalue weighted by Crippen LogP contribution is 2.29. The fraction of sp³-hybridized carbons (Fsp3) is 0.500. The molecular weight excluding hydrogens is 412 g/mol. The Balaban J connectivity index is 1.64. The number of hydrogen-bond donors (Lipinski definition) is 0. The van der Waals surface area contributed by atoms with Crippen LogP contribution in [-0.2, 0) is 16.1 Å². The number of Topliss-reactive ketones (excluding diaryl/α,β-unsaturated/α-hetero) is 1. The predicted molar refractivity (Wildman–Crippen MR) is 134 cm³/mol. The van der Waals surface area contributed by atoms with Gasteiger partial charge in [0.15, 0.2) is 11.4 Å². The zero-order valence-corrected chi connectivity index (χ0v) is 20.9. The highest BCUT2D eigenvalue weighted by molar-refractivity contribution is 5.84. The van der Waals surface area contributed by atoms with Crippen molar-refractivity contribution < 1.29 is 14.3 Å². The molecular formula is C28H38N2O3. The Labute approximate surface area is 198 Å². The molecule has 0 N–H and O–H groups in total. The zero-order chi connectivity index (χ0) is 24.2. The summed E-state index contributed by atoms with van der Waals surface area (Å²) in [5.41, 5.74) is 2.63. The molecule has 33 heavy (non-hydrogen) atoms. The third-order valence-corrected chi connectivity index (χ3v) is 6.62. The fourth-order valence-corrected chi connectivity index (χ4v) is 4.19. The maximum atomic E-state index is 13.2. The molecule has 0 saturated carbocycles. The van der Waals surface area contributed by atoms with E-state index in [2.05, 4.69) is 43.0 Å². The maximum Gasteiger partial charge on any atom is 0.227 e. The van der Waals surface area contributed by atoms with Gasteiger partial charge in [-0.15, -0.1) is 0 Å². The number of nitrogens with zero attached hydrogens (tertiary/aromatic N) is 2. The first-order valence-corrected chi connectivity index (χ1v) is 12.0. The topological polar surface area (TPSA) is 49.9 Å². The molecule has 1 aliphatic rings. The molecule has 0 aromatic heterocycles. The predicted octanol–water partition coefficient (Wildman–Crippen LogP) is 5.43. The lowest BCUT2D eigenvalue weighted by atomic mass is 9.95. The normalized spacial score (nSPS) is 16.6. The van der Waals surface area contributed by atoms with Gasteiger partial charge in [-0.2, -0.15) is 0 Å². The number of hydrogen-bond acceptors (Lipinski definition) is 4. The van der Waals surface area contributed by atoms with Crippen LogP contribution in [0.15, 0.2) is 48.5 Å². The van der Waals surface area contributed by atoms with Crippen LogP contribution >= 0.6 is 0 Å². The molecule has 1 atom stereocenters. The number of amides is 1. The van der Waals surface area contributed by atoms with Gasteiger partial charge in [-0.05, 0) is 62.8 Å². The van der Waals surface area contributed by atoms with Crippen molar-refractivity contribution in [3.63, 3.8) is 0 Å². The van der Waals surface area contributed by atoms with Crippen LogP contribution < -0.4 is 9.64 Å². The lowest BCUT2D eigenvalue weighted by Gasteiger charge is -2.35. The molecule has 1 heterocycles. The molecule has 2 aromatic carbocycles. The summed E-state index contributed by atoms with van der Waals surface area (Å²) >= 11 is 0. The zero-order valence-electron chi connectivity index (χ0n) is 20.9. The Morgan fingerprint density at radius 3 is 2.48 bits per heavy atom. The van der Waals surface area contributed by atoms with Crippen molar-refractivity contribution in [2.24, 2.45) is 5.92 Å². The smallest absolute Gasteiger partial charge is 0.227 e. The summed E-state index contributed by atoms with van der Waals surface area (Å²) in [5.74, 6) is 1.32. The van der Waals surface area contributed by atoms with E-state index in [4.69, 9.17) is 4.74 Å². The molecule has 178 valence electrons. The second kappa shape index (κ2) is 10.4. The first kappa shape index (κ1) is 24.8. The number of anilines is 1. The van der Waals surface area contributed by atoms with Crippen molar-refractivity contribution in [3.8, 4) is 5.75 Å². The number of ketones is 1. The number of benzene rings is 2. The average molecular weight is 451 g/mol. The lowest BCUT2D eigenvalue weighted by molar-refractivity contribution is -0.135. The third kappa shape index (κ3) is 6.37. The second-order valence-corrected chi connectivity index (χ2v) is 10.0. The molecule has 0 aliphatic carbocycles. The number of rotatable bonds is 8. The molecule has 5 heteroatoms. The van der Waals surface area contributed by atoms with Crippen molar-refractivity contribution in [2.45, 2.75) is 65.5 Å². The Bertz CT molecular complexity index is 965. The molecule has 5 nitrogen and oxygen atoms in total. The van der Waals surface area contributed by atoms with Gasteiger partial charge >= 0.3 is 0 Å². The largest absolute Gasteiger partial charge is 0.480 e. The van der Waals surface area contributed by atoms with E-state index in [1.54, 1.807) is 20.8 Å². The summed E-state index contributed by atoms with van der Waals surface area (Å²) in [6.45, 7) is 11.7. The molecule has 0 radical (unpaired) electrons. The van der Waals surface area contributed by atoms with Crippen LogP contribution in [0, 0.1) is 5.92 Å². The Kier molecular flexibility index (Phi) is 7.83. The summed E-state index contributed by atoms with van der Waals surface area (Å²) in [6, 6.07) is 16.4. The van der Waals surface area contributed by atoms with Crippen LogP contribution in [0.5, 0.6) is 5.75 Å². The minimum absolute atomic E-state index is 0.0154. The SMILES string of the molecule is CC(=O)C(C)(C)Oc1cccc(N2CCCC(C(=O)N(C)Cc3ccc(C(C)C)cc3)C2)c1. The second-order valence-electron chi connectivity index (χ2n) is 10.0. The molecule has 3 rings (SSSR count). The highest BCUT2D eigenvalue weighted by atomic mass is 16.5. The van der Waals surface area contributed by atoms with Gasteiger partial charge in [-0.25, -0.2) is 0 Å². The summed E-state index contributed by atoms with van der Waals surface area (Å²) in [7, 11) is 1.90. The van der Waals surface area contributed by atoms with E-state index in [1.807, 2.05) is 36.2 Å². The van der Waals surface area contributed by atoms with E-state index >= 15 is 0 Å². The minimum atomic E-state index is -0.866. The van der Waals surface area contributed by atoms with Crippen LogP contribution in [-0.4, -0.2) is 42.3 Å². The quantitative estimate of drug-likeness (QED) is 0.538. The van der Waals surface area contributed by atoms with Gasteiger partial charge in [0.25, 0.3) is 0 Å². The van der Waals surface area contributed by atoms with Gasteiger partial charge in [0.05, 0.1) is 5.92 Å². The Morgan fingerprint density at radius 2 is 1.85 bits per heavy atom. The first-order valence-electron chi connectivity index (χ1n) is 12.0. The van der Waals surface area contributed by atoms with Crippen LogP contribution in [0.3, 0.4) is 0 Å². The van der Waals surface area contributed by atoms with Gasteiger partial charge in [-0.3, -0.25) is 9.59 Å². The van der Waals surface area contributed by atoms with Crippen LogP contribution in [0.1, 0.15) is 64.5 Å². The van der Waals surface area contributed by atoms with Gasteiger partial charge in [0.2, 0.25) is 5.91 Å². The van der Waals surface area contributed by atoms with Gasteiger partial charge in [0.1, 0.15) is 5.75 Å². The summed E-state index contributed by atoms with van der Waals surface area (Å²) < 4.78 is 5.95. The van der Waals surface area contributed by atoms with Gasteiger partial charge in [-0.1, -0.05) is 44.2 Å². The standard InChI is InChI=1S/C28H38N2O3/c1-20(2)23-14-12-22(13-15-23)18-29(6)27(32)24-9-8-16-30(19-24)25-10-7-11-26(17-25)33-28(4,5)21(3)31/h7,10-15,17,20,24H,8-9,16,18-19H2,1-6H3. The third-order valence-electron chi connectivity index (χ3n) is 6.62. The molecule has 0 bridgehead atoms. The van der Waals surface area contributed by atoms with E-state index in [-0.39, 0.29) is 17.6 Å². The Morgan fingerprint density at radius 1 is 1.15 bits per heavy atom. The van der Waals surface area contributed by atoms with E-state index in [0.29, 0.717) is 24.8 Å². The molecule has 1 unspecified atom stereocenters. The minimum Gasteiger partial charge on any atom is -0.480 e. The van der Waals surface area contributed by atoms with Crippen molar-refractivity contribution in [3.05, 3.63) is 59.7 Å². The van der Waals surface area contributed by atoms with Gasteiger partial charge in [0, 0.05) is 38.4 Å². The van der Waals surface area contributed by atoms with Crippen molar-refractivity contribution in [1.82, 2.24) is 4.90 Å². The summed E-state index contributed by atoms with van der Waals surface area (Å²) in [6.07, 6.45) is 1.87. The van der Waals surface area contributed by atoms with E-state index in [0.717, 1.165) is 30.6 Å².